The van der Waals surface area contributed by atoms with Crippen LogP contribution in [-0.4, -0.2) is 37.0 Å². The van der Waals surface area contributed by atoms with Crippen LogP contribution in [0.15, 0.2) is 23.1 Å². The Morgan fingerprint density at radius 3 is 2.50 bits per heavy atom. The van der Waals surface area contributed by atoms with E-state index in [4.69, 9.17) is 5.73 Å². The van der Waals surface area contributed by atoms with Gasteiger partial charge in [0.2, 0.25) is 10.0 Å². The first-order valence-corrected chi connectivity index (χ1v) is 6.72. The molecule has 0 amide bonds. The Morgan fingerprint density at radius 1 is 1.44 bits per heavy atom. The molecule has 0 unspecified atom stereocenters. The molecule has 0 radical (unpaired) electrons. The molecule has 0 bridgehead atoms. The summed E-state index contributed by atoms with van der Waals surface area (Å²) in [5.41, 5.74) is 4.53. The Kier molecular flexibility index (Phi) is 3.99. The third kappa shape index (κ3) is 2.63. The Morgan fingerprint density at radius 2 is 2.00 bits per heavy atom. The summed E-state index contributed by atoms with van der Waals surface area (Å²) in [5.74, 6) is -0.682. The van der Waals surface area contributed by atoms with Crippen molar-refractivity contribution in [1.82, 2.24) is 4.31 Å². The summed E-state index contributed by atoms with van der Waals surface area (Å²) in [7, 11) is -2.64. The molecule has 0 heterocycles. The van der Waals surface area contributed by atoms with Gasteiger partial charge in [0, 0.05) is 7.05 Å². The van der Waals surface area contributed by atoms with Crippen LogP contribution in [0.2, 0.25) is 0 Å². The number of hydrogen-bond acceptors (Lipinski definition) is 4. The van der Waals surface area contributed by atoms with Crippen molar-refractivity contribution in [3.8, 4) is 0 Å². The first-order chi connectivity index (χ1) is 8.13. The van der Waals surface area contributed by atoms with E-state index in [1.807, 2.05) is 0 Å². The molecule has 0 saturated heterocycles. The van der Waals surface area contributed by atoms with Gasteiger partial charge in [0.1, 0.15) is 10.7 Å². The molecule has 102 valence electrons. The van der Waals surface area contributed by atoms with E-state index in [1.54, 1.807) is 13.8 Å². The van der Waals surface area contributed by atoms with Crippen molar-refractivity contribution >= 4 is 15.7 Å². The second-order valence-electron chi connectivity index (χ2n) is 4.63. The minimum atomic E-state index is -3.95. The molecule has 18 heavy (non-hydrogen) atoms. The molecular weight excluding hydrogens is 259 g/mol. The minimum absolute atomic E-state index is 0.0306. The van der Waals surface area contributed by atoms with E-state index < -0.39 is 21.4 Å². The number of nitrogen functional groups attached to an aromatic ring is 1. The van der Waals surface area contributed by atoms with Crippen molar-refractivity contribution in [2.75, 3.05) is 19.4 Å². The molecule has 1 aromatic rings. The highest BCUT2D eigenvalue weighted by Gasteiger charge is 2.34. The van der Waals surface area contributed by atoms with Crippen molar-refractivity contribution in [3.05, 3.63) is 24.0 Å². The average molecular weight is 276 g/mol. The fourth-order valence-corrected chi connectivity index (χ4v) is 2.93. The predicted octanol–water partition coefficient (Wildman–Crippen LogP) is 0.799. The highest BCUT2D eigenvalue weighted by Crippen LogP contribution is 2.27. The molecule has 0 aromatic heterocycles. The summed E-state index contributed by atoms with van der Waals surface area (Å²) >= 11 is 0. The van der Waals surface area contributed by atoms with Crippen LogP contribution in [0.5, 0.6) is 0 Å². The highest BCUT2D eigenvalue weighted by atomic mass is 32.2. The van der Waals surface area contributed by atoms with E-state index in [0.717, 1.165) is 16.4 Å². The maximum Gasteiger partial charge on any atom is 0.245 e. The zero-order chi connectivity index (χ0) is 14.1. The number of nitrogens with zero attached hydrogens (tertiary/aromatic N) is 1. The van der Waals surface area contributed by atoms with Crippen molar-refractivity contribution in [1.29, 1.82) is 0 Å². The van der Waals surface area contributed by atoms with Crippen LogP contribution >= 0.6 is 0 Å². The number of sulfonamides is 1. The van der Waals surface area contributed by atoms with Gasteiger partial charge in [0.25, 0.3) is 0 Å². The second kappa shape index (κ2) is 4.83. The van der Waals surface area contributed by atoms with Crippen LogP contribution in [-0.2, 0) is 10.0 Å². The van der Waals surface area contributed by atoms with Crippen molar-refractivity contribution in [2.24, 2.45) is 0 Å². The number of aliphatic hydroxyl groups excluding tert-OH is 1. The van der Waals surface area contributed by atoms with Crippen molar-refractivity contribution in [3.63, 3.8) is 0 Å². The quantitative estimate of drug-likeness (QED) is 0.797. The van der Waals surface area contributed by atoms with E-state index in [1.165, 1.54) is 13.1 Å². The molecule has 0 spiro atoms. The summed E-state index contributed by atoms with van der Waals surface area (Å²) < 4.78 is 38.7. The molecule has 7 heteroatoms. The molecule has 1 aromatic carbocycles. The van der Waals surface area contributed by atoms with Gasteiger partial charge in [0.15, 0.2) is 0 Å². The molecule has 5 nitrogen and oxygen atoms in total. The lowest BCUT2D eigenvalue weighted by Crippen LogP contribution is -2.47. The lowest BCUT2D eigenvalue weighted by Gasteiger charge is -2.33. The lowest BCUT2D eigenvalue weighted by molar-refractivity contribution is 0.138. The maximum atomic E-state index is 13.1. The summed E-state index contributed by atoms with van der Waals surface area (Å²) in [5, 5.41) is 9.19. The van der Waals surface area contributed by atoms with E-state index in [2.05, 4.69) is 0 Å². The number of benzene rings is 1. The molecular formula is C11H17FN2O3S. The maximum absolute atomic E-state index is 13.1. The predicted molar refractivity (Wildman–Crippen MR) is 66.9 cm³/mol. The minimum Gasteiger partial charge on any atom is -0.398 e. The van der Waals surface area contributed by atoms with E-state index in [0.29, 0.717) is 0 Å². The number of hydrogen-bond donors (Lipinski definition) is 2. The normalized spacial score (nSPS) is 13.0. The van der Waals surface area contributed by atoms with Crippen molar-refractivity contribution in [2.45, 2.75) is 24.3 Å². The van der Waals surface area contributed by atoms with Crippen LogP contribution in [0.4, 0.5) is 10.1 Å². The van der Waals surface area contributed by atoms with Gasteiger partial charge in [-0.15, -0.1) is 0 Å². The van der Waals surface area contributed by atoms with Gasteiger partial charge in [-0.1, -0.05) is 0 Å². The van der Waals surface area contributed by atoms with E-state index in [9.17, 15) is 17.9 Å². The Hall–Kier alpha value is -1.18. The summed E-state index contributed by atoms with van der Waals surface area (Å²) in [4.78, 5) is -0.300. The first-order valence-electron chi connectivity index (χ1n) is 5.28. The van der Waals surface area contributed by atoms with Gasteiger partial charge in [-0.25, -0.2) is 12.8 Å². The zero-order valence-corrected chi connectivity index (χ0v) is 11.3. The third-order valence-electron chi connectivity index (χ3n) is 2.85. The zero-order valence-electron chi connectivity index (χ0n) is 10.5. The number of likely N-dealkylation sites (N-methyl/N-ethyl adjacent to an activating group) is 1. The van der Waals surface area contributed by atoms with Crippen molar-refractivity contribution < 1.29 is 17.9 Å². The van der Waals surface area contributed by atoms with Gasteiger partial charge < -0.3 is 10.8 Å². The molecule has 0 aliphatic heterocycles. The topological polar surface area (TPSA) is 83.6 Å². The largest absolute Gasteiger partial charge is 0.398 e. The van der Waals surface area contributed by atoms with Crippen LogP contribution in [0, 0.1) is 5.82 Å². The SMILES string of the molecule is CN(C(C)(C)CO)S(=O)(=O)c1cc(F)ccc1N. The standard InChI is InChI=1S/C11H17FN2O3S/c1-11(2,7-15)14(3)18(16,17)10-6-8(12)4-5-9(10)13/h4-6,15H,7,13H2,1-3H3. The number of rotatable bonds is 4. The fraction of sp³-hybridized carbons (Fsp3) is 0.455. The molecule has 0 aliphatic carbocycles. The monoisotopic (exact) mass is 276 g/mol. The molecule has 3 N–H and O–H groups in total. The molecule has 0 saturated carbocycles. The Labute approximate surface area is 106 Å². The second-order valence-corrected chi connectivity index (χ2v) is 6.56. The summed E-state index contributed by atoms with van der Waals surface area (Å²) in [6.45, 7) is 2.75. The van der Waals surface area contributed by atoms with E-state index in [-0.39, 0.29) is 17.2 Å². The first kappa shape index (κ1) is 14.9. The van der Waals surface area contributed by atoms with Crippen LogP contribution in [0.3, 0.4) is 0 Å². The highest BCUT2D eigenvalue weighted by molar-refractivity contribution is 7.89. The van der Waals surface area contributed by atoms with Gasteiger partial charge >= 0.3 is 0 Å². The summed E-state index contributed by atoms with van der Waals surface area (Å²) in [6.07, 6.45) is 0. The average Bonchev–Trinajstić information content (AvgIpc) is 2.31. The smallest absolute Gasteiger partial charge is 0.245 e. The van der Waals surface area contributed by atoms with Gasteiger partial charge in [-0.05, 0) is 32.0 Å². The van der Waals surface area contributed by atoms with Gasteiger partial charge in [0.05, 0.1) is 17.8 Å². The number of anilines is 1. The number of halogens is 1. The summed E-state index contributed by atoms with van der Waals surface area (Å²) in [6, 6.07) is 3.15. The lowest BCUT2D eigenvalue weighted by atomic mass is 10.1. The molecule has 0 aliphatic rings. The number of aliphatic hydroxyl groups is 1. The van der Waals surface area contributed by atoms with Crippen LogP contribution < -0.4 is 5.73 Å². The van der Waals surface area contributed by atoms with Gasteiger partial charge in [-0.3, -0.25) is 0 Å². The van der Waals surface area contributed by atoms with Gasteiger partial charge in [-0.2, -0.15) is 4.31 Å². The molecule has 1 rings (SSSR count). The van der Waals surface area contributed by atoms with E-state index >= 15 is 0 Å². The Bertz CT molecular complexity index is 543. The molecule has 0 atom stereocenters. The fourth-order valence-electron chi connectivity index (χ4n) is 1.30. The third-order valence-corrected chi connectivity index (χ3v) is 4.98. The van der Waals surface area contributed by atoms with Crippen LogP contribution in [0.25, 0.3) is 0 Å². The van der Waals surface area contributed by atoms with Crippen LogP contribution in [0.1, 0.15) is 13.8 Å². The molecule has 0 fully saturated rings. The number of nitrogens with two attached hydrogens (primary N) is 1. The Balaban J connectivity index is 3.34.